The smallest absolute Gasteiger partial charge is 0.173 e. The average Bonchev–Trinajstić information content (AvgIpc) is 2.92. The van der Waals surface area contributed by atoms with Gasteiger partial charge in [-0.25, -0.2) is 8.42 Å². The Kier molecular flexibility index (Phi) is 2.72. The molecule has 2 N–H and O–H groups in total. The number of fused-ring (bicyclic) bond motifs is 1. The number of hydrogen-bond donors (Lipinski definition) is 2. The summed E-state index contributed by atoms with van der Waals surface area (Å²) in [6.45, 7) is 0.666. The lowest BCUT2D eigenvalue weighted by Crippen LogP contribution is -2.29. The van der Waals surface area contributed by atoms with Crippen molar-refractivity contribution in [2.24, 2.45) is 0 Å². The van der Waals surface area contributed by atoms with Gasteiger partial charge in [0.25, 0.3) is 0 Å². The molecule has 0 radical (unpaired) electrons. The summed E-state index contributed by atoms with van der Waals surface area (Å²) in [6, 6.07) is 8.03. The van der Waals surface area contributed by atoms with Gasteiger partial charge in [-0.2, -0.15) is 0 Å². The van der Waals surface area contributed by atoms with Crippen molar-refractivity contribution >= 4 is 20.7 Å². The second kappa shape index (κ2) is 4.26. The van der Waals surface area contributed by atoms with Crippen LogP contribution in [0, 0.1) is 0 Å². The monoisotopic (exact) mass is 262 g/mol. The average molecular weight is 262 g/mol. The van der Waals surface area contributed by atoms with Crippen LogP contribution in [0.5, 0.6) is 0 Å². The van der Waals surface area contributed by atoms with Crippen molar-refractivity contribution in [3.63, 3.8) is 0 Å². The van der Waals surface area contributed by atoms with Crippen molar-refractivity contribution in [1.82, 2.24) is 10.3 Å². The van der Waals surface area contributed by atoms with Crippen LogP contribution in [-0.2, 0) is 16.4 Å². The normalized spacial score (nSPS) is 21.7. The first kappa shape index (κ1) is 11.5. The highest BCUT2D eigenvalue weighted by Gasteiger charge is 2.20. The van der Waals surface area contributed by atoms with Gasteiger partial charge in [-0.05, 0) is 17.7 Å². The summed E-state index contributed by atoms with van der Waals surface area (Å²) in [5.74, 6) is 0.163. The number of hydrogen-bond acceptors (Lipinski definition) is 3. The Bertz CT molecular complexity index is 701. The lowest BCUT2D eigenvalue weighted by atomic mass is 10.1. The fourth-order valence-corrected chi connectivity index (χ4v) is 3.52. The highest BCUT2D eigenvalue weighted by atomic mass is 32.2. The van der Waals surface area contributed by atoms with Crippen LogP contribution in [-0.4, -0.2) is 25.2 Å². The molecule has 1 aliphatic heterocycles. The van der Waals surface area contributed by atoms with Gasteiger partial charge < -0.3 is 10.3 Å². The van der Waals surface area contributed by atoms with E-state index in [9.17, 15) is 8.42 Å². The molecule has 1 aromatic carbocycles. The minimum absolute atomic E-state index is 0.0794. The fraction of sp³-hybridized carbons (Fsp3) is 0.231. The summed E-state index contributed by atoms with van der Waals surface area (Å²) in [6.07, 6.45) is 3.63. The van der Waals surface area contributed by atoms with E-state index in [1.165, 1.54) is 16.4 Å². The van der Waals surface area contributed by atoms with Crippen LogP contribution < -0.4 is 5.32 Å². The molecule has 4 nitrogen and oxygen atoms in total. The van der Waals surface area contributed by atoms with Gasteiger partial charge in [-0.15, -0.1) is 0 Å². The Balaban J connectivity index is 1.74. The van der Waals surface area contributed by atoms with E-state index in [1.807, 2.05) is 24.4 Å². The number of benzene rings is 1. The summed E-state index contributed by atoms with van der Waals surface area (Å²) in [5, 5.41) is 5.72. The molecule has 0 saturated carbocycles. The minimum atomic E-state index is -2.98. The molecule has 94 valence electrons. The second-order valence-electron chi connectivity index (χ2n) is 4.50. The van der Waals surface area contributed by atoms with E-state index >= 15 is 0 Å². The third kappa shape index (κ3) is 2.19. The Morgan fingerprint density at radius 1 is 1.33 bits per heavy atom. The maximum absolute atomic E-state index is 11.3. The van der Waals surface area contributed by atoms with Gasteiger partial charge in [0, 0.05) is 35.1 Å². The van der Waals surface area contributed by atoms with Crippen molar-refractivity contribution in [2.45, 2.75) is 12.6 Å². The van der Waals surface area contributed by atoms with Gasteiger partial charge in [0.05, 0.1) is 5.75 Å². The molecule has 1 unspecified atom stereocenters. The van der Waals surface area contributed by atoms with Crippen molar-refractivity contribution < 1.29 is 8.42 Å². The molecule has 18 heavy (non-hydrogen) atoms. The Labute approximate surface area is 106 Å². The van der Waals surface area contributed by atoms with Crippen LogP contribution in [0.4, 0.5) is 0 Å². The molecule has 0 saturated heterocycles. The van der Waals surface area contributed by atoms with Crippen LogP contribution in [0.1, 0.15) is 5.56 Å². The van der Waals surface area contributed by atoms with Gasteiger partial charge in [0.1, 0.15) is 0 Å². The zero-order chi connectivity index (χ0) is 12.6. The summed E-state index contributed by atoms with van der Waals surface area (Å²) in [7, 11) is -2.98. The van der Waals surface area contributed by atoms with Gasteiger partial charge >= 0.3 is 0 Å². The van der Waals surface area contributed by atoms with Crippen LogP contribution in [0.2, 0.25) is 0 Å². The second-order valence-corrected chi connectivity index (χ2v) is 6.43. The summed E-state index contributed by atoms with van der Waals surface area (Å²) >= 11 is 0. The Morgan fingerprint density at radius 3 is 3.00 bits per heavy atom. The molecule has 3 rings (SSSR count). The molecule has 1 atom stereocenters. The van der Waals surface area contributed by atoms with Crippen molar-refractivity contribution in [3.8, 4) is 0 Å². The van der Waals surface area contributed by atoms with Gasteiger partial charge in [-0.3, -0.25) is 0 Å². The SMILES string of the molecule is O=S1(=O)C=CC(NCc2cccc3[nH]ccc23)C1. The number of aromatic nitrogens is 1. The Hall–Kier alpha value is -1.59. The molecule has 2 heterocycles. The topological polar surface area (TPSA) is 62.0 Å². The molecule has 0 amide bonds. The van der Waals surface area contributed by atoms with Crippen molar-refractivity contribution in [1.29, 1.82) is 0 Å². The van der Waals surface area contributed by atoms with Gasteiger partial charge in [-0.1, -0.05) is 18.2 Å². The maximum atomic E-state index is 11.3. The summed E-state index contributed by atoms with van der Waals surface area (Å²) in [4.78, 5) is 3.16. The first-order valence-corrected chi connectivity index (χ1v) is 7.55. The molecule has 0 bridgehead atoms. The van der Waals surface area contributed by atoms with E-state index < -0.39 is 9.84 Å². The van der Waals surface area contributed by atoms with Crippen LogP contribution in [0.15, 0.2) is 41.9 Å². The summed E-state index contributed by atoms with van der Waals surface area (Å²) < 4.78 is 22.6. The lowest BCUT2D eigenvalue weighted by molar-refractivity contribution is 0.591. The molecule has 0 aliphatic carbocycles. The standard InChI is InChI=1S/C13H14N2O2S/c16-18(17)7-5-11(9-18)15-8-10-2-1-3-13-12(10)4-6-14-13/h1-7,11,14-15H,8-9H2. The minimum Gasteiger partial charge on any atom is -0.361 e. The molecular formula is C13H14N2O2S. The number of aromatic amines is 1. The van der Waals surface area contributed by atoms with Crippen molar-refractivity contribution in [3.05, 3.63) is 47.5 Å². The van der Waals surface area contributed by atoms with E-state index in [1.54, 1.807) is 6.08 Å². The van der Waals surface area contributed by atoms with Crippen LogP contribution >= 0.6 is 0 Å². The van der Waals surface area contributed by atoms with E-state index in [0.29, 0.717) is 6.54 Å². The predicted octanol–water partition coefficient (Wildman–Crippen LogP) is 1.57. The summed E-state index contributed by atoms with van der Waals surface area (Å²) in [5.41, 5.74) is 2.27. The molecular weight excluding hydrogens is 248 g/mol. The van der Waals surface area contributed by atoms with E-state index in [4.69, 9.17) is 0 Å². The first-order valence-electron chi connectivity index (χ1n) is 5.83. The molecule has 0 fully saturated rings. The molecule has 1 aliphatic rings. The molecule has 2 aromatic rings. The zero-order valence-electron chi connectivity index (χ0n) is 9.76. The lowest BCUT2D eigenvalue weighted by Gasteiger charge is -2.10. The van der Waals surface area contributed by atoms with Crippen LogP contribution in [0.25, 0.3) is 10.9 Å². The van der Waals surface area contributed by atoms with E-state index in [2.05, 4.69) is 16.4 Å². The Morgan fingerprint density at radius 2 is 2.22 bits per heavy atom. The fourth-order valence-electron chi connectivity index (χ4n) is 2.25. The number of sulfone groups is 1. The first-order chi connectivity index (χ1) is 8.64. The van der Waals surface area contributed by atoms with Crippen molar-refractivity contribution in [2.75, 3.05) is 5.75 Å². The van der Waals surface area contributed by atoms with Crippen LogP contribution in [0.3, 0.4) is 0 Å². The van der Waals surface area contributed by atoms with Gasteiger partial charge in [0.15, 0.2) is 9.84 Å². The molecule has 1 aromatic heterocycles. The highest BCUT2D eigenvalue weighted by Crippen LogP contribution is 2.17. The molecule has 0 spiro atoms. The number of H-pyrrole nitrogens is 1. The maximum Gasteiger partial charge on any atom is 0.173 e. The number of nitrogens with one attached hydrogen (secondary N) is 2. The third-order valence-electron chi connectivity index (χ3n) is 3.17. The third-order valence-corrected chi connectivity index (χ3v) is 4.57. The quantitative estimate of drug-likeness (QED) is 0.882. The largest absolute Gasteiger partial charge is 0.361 e. The van der Waals surface area contributed by atoms with Gasteiger partial charge in [0.2, 0.25) is 0 Å². The number of rotatable bonds is 3. The van der Waals surface area contributed by atoms with E-state index in [0.717, 1.165) is 5.52 Å². The van der Waals surface area contributed by atoms with E-state index in [-0.39, 0.29) is 11.8 Å². The highest BCUT2D eigenvalue weighted by molar-refractivity contribution is 7.94. The zero-order valence-corrected chi connectivity index (χ0v) is 10.6. The predicted molar refractivity (Wildman–Crippen MR) is 71.9 cm³/mol. The molecule has 5 heteroatoms.